The maximum atomic E-state index is 13.3. The fourth-order valence-electron chi connectivity index (χ4n) is 3.95. The second-order valence-corrected chi connectivity index (χ2v) is 8.10. The lowest BCUT2D eigenvalue weighted by Crippen LogP contribution is -2.31. The van der Waals surface area contributed by atoms with Crippen molar-refractivity contribution in [2.75, 3.05) is 16.3 Å². The van der Waals surface area contributed by atoms with Gasteiger partial charge in [-0.2, -0.15) is 0 Å². The Balaban J connectivity index is 1.58. The fraction of sp³-hybridized carbons (Fsp3) is 0.167. The molecule has 9 heteroatoms. The van der Waals surface area contributed by atoms with Crippen LogP contribution in [0.3, 0.4) is 0 Å². The first kappa shape index (κ1) is 21.0. The van der Waals surface area contributed by atoms with Crippen LogP contribution in [0.2, 0.25) is 5.15 Å². The molecule has 2 aliphatic heterocycles. The Bertz CT molecular complexity index is 1350. The number of fused-ring (bicyclic) bond motifs is 2. The number of carbonyl (C=O) groups is 2. The average molecular weight is 459 g/mol. The van der Waals surface area contributed by atoms with E-state index in [1.54, 1.807) is 23.2 Å². The van der Waals surface area contributed by atoms with Gasteiger partial charge in [0, 0.05) is 12.7 Å². The van der Waals surface area contributed by atoms with Crippen molar-refractivity contribution in [3.63, 3.8) is 0 Å². The molecule has 0 atom stereocenters. The van der Waals surface area contributed by atoms with Gasteiger partial charge in [0.2, 0.25) is 0 Å². The molecule has 33 heavy (non-hydrogen) atoms. The third-order valence-corrected chi connectivity index (χ3v) is 5.72. The zero-order valence-corrected chi connectivity index (χ0v) is 18.7. The van der Waals surface area contributed by atoms with Crippen molar-refractivity contribution in [3.8, 4) is 0 Å². The summed E-state index contributed by atoms with van der Waals surface area (Å²) in [4.78, 5) is 38.1. The van der Waals surface area contributed by atoms with E-state index in [0.717, 1.165) is 11.1 Å². The highest BCUT2D eigenvalue weighted by atomic mass is 35.5. The van der Waals surface area contributed by atoms with E-state index < -0.39 is 0 Å². The summed E-state index contributed by atoms with van der Waals surface area (Å²) in [6, 6.07) is 14.8. The monoisotopic (exact) mass is 458 g/mol. The maximum absolute atomic E-state index is 13.3. The van der Waals surface area contributed by atoms with Gasteiger partial charge in [-0.1, -0.05) is 41.9 Å². The topological polar surface area (TPSA) is 91.1 Å². The summed E-state index contributed by atoms with van der Waals surface area (Å²) in [5.41, 5.74) is 3.25. The van der Waals surface area contributed by atoms with Crippen molar-refractivity contribution in [1.82, 2.24) is 9.97 Å². The SMILES string of the molecule is CCN1C(=O)/C(=N\N=C2/C(=O)N(Cc3ccccc3)c3ncc(C)cc32)c2ccc(Cl)nc21. The average Bonchev–Trinajstić information content (AvgIpc) is 3.22. The molecule has 0 aliphatic carbocycles. The van der Waals surface area contributed by atoms with Crippen LogP contribution in [0.1, 0.15) is 29.2 Å². The molecule has 0 radical (unpaired) electrons. The normalized spacial score (nSPS) is 17.3. The minimum absolute atomic E-state index is 0.125. The first-order chi connectivity index (χ1) is 16.0. The largest absolute Gasteiger partial charge is 0.291 e. The number of aryl methyl sites for hydroxylation is 1. The van der Waals surface area contributed by atoms with Gasteiger partial charge in [-0.25, -0.2) is 9.97 Å². The minimum atomic E-state index is -0.333. The molecule has 164 valence electrons. The van der Waals surface area contributed by atoms with E-state index in [0.29, 0.717) is 35.9 Å². The number of pyridine rings is 2. The van der Waals surface area contributed by atoms with Crippen LogP contribution in [0.4, 0.5) is 11.6 Å². The van der Waals surface area contributed by atoms with Gasteiger partial charge in [0.1, 0.15) is 16.8 Å². The Labute approximate surface area is 195 Å². The molecule has 0 saturated carbocycles. The lowest BCUT2D eigenvalue weighted by molar-refractivity contribution is -0.113. The summed E-state index contributed by atoms with van der Waals surface area (Å²) in [6.45, 7) is 4.49. The van der Waals surface area contributed by atoms with E-state index in [9.17, 15) is 9.59 Å². The fourth-order valence-corrected chi connectivity index (χ4v) is 4.09. The molecule has 0 bridgehead atoms. The molecule has 8 nitrogen and oxygen atoms in total. The predicted molar refractivity (Wildman–Crippen MR) is 127 cm³/mol. The molecule has 0 spiro atoms. The van der Waals surface area contributed by atoms with E-state index in [2.05, 4.69) is 20.2 Å². The van der Waals surface area contributed by atoms with Crippen molar-refractivity contribution in [2.45, 2.75) is 20.4 Å². The molecule has 0 fully saturated rings. The highest BCUT2D eigenvalue weighted by molar-refractivity contribution is 6.56. The Kier molecular flexibility index (Phi) is 5.22. The number of likely N-dealkylation sites (N-methyl/N-ethyl adjacent to an activating group) is 1. The standard InChI is InChI=1S/C24H19ClN6O2/c1-3-30-22-16(9-10-18(25)27-22)19(23(30)32)28-29-20-17-11-14(2)12-26-21(17)31(24(20)33)13-15-7-5-4-6-8-15/h4-12H,3,13H2,1-2H3/b28-19-,29-20-. The van der Waals surface area contributed by atoms with Gasteiger partial charge < -0.3 is 0 Å². The number of rotatable bonds is 4. The lowest BCUT2D eigenvalue weighted by atomic mass is 10.1. The molecule has 5 rings (SSSR count). The summed E-state index contributed by atoms with van der Waals surface area (Å²) < 4.78 is 0. The Morgan fingerprint density at radius 1 is 0.909 bits per heavy atom. The van der Waals surface area contributed by atoms with E-state index >= 15 is 0 Å². The summed E-state index contributed by atoms with van der Waals surface area (Å²) in [7, 11) is 0. The van der Waals surface area contributed by atoms with Gasteiger partial charge in [0.25, 0.3) is 11.8 Å². The number of hydrogen-bond acceptors (Lipinski definition) is 6. The first-order valence-electron chi connectivity index (χ1n) is 10.4. The molecular weight excluding hydrogens is 440 g/mol. The van der Waals surface area contributed by atoms with Crippen LogP contribution in [0.25, 0.3) is 0 Å². The number of hydrogen-bond donors (Lipinski definition) is 0. The smallest absolute Gasteiger partial charge is 0.281 e. The van der Waals surface area contributed by atoms with Crippen LogP contribution in [0.5, 0.6) is 0 Å². The van der Waals surface area contributed by atoms with E-state index in [4.69, 9.17) is 11.6 Å². The van der Waals surface area contributed by atoms with Crippen molar-refractivity contribution >= 4 is 46.5 Å². The summed E-state index contributed by atoms with van der Waals surface area (Å²) >= 11 is 6.02. The Hall–Kier alpha value is -3.91. The van der Waals surface area contributed by atoms with E-state index in [-0.39, 0.29) is 28.4 Å². The molecular formula is C24H19ClN6O2. The first-order valence-corrected chi connectivity index (χ1v) is 10.8. The van der Waals surface area contributed by atoms with Crippen LogP contribution in [-0.2, 0) is 16.1 Å². The number of nitrogens with zero attached hydrogens (tertiary/aromatic N) is 6. The molecule has 0 N–H and O–H groups in total. The number of anilines is 2. The second-order valence-electron chi connectivity index (χ2n) is 7.71. The van der Waals surface area contributed by atoms with Gasteiger partial charge in [0.15, 0.2) is 11.4 Å². The molecule has 4 heterocycles. The van der Waals surface area contributed by atoms with Gasteiger partial charge >= 0.3 is 0 Å². The highest BCUT2D eigenvalue weighted by Gasteiger charge is 2.37. The molecule has 0 saturated heterocycles. The minimum Gasteiger partial charge on any atom is -0.291 e. The highest BCUT2D eigenvalue weighted by Crippen LogP contribution is 2.31. The molecule has 0 unspecified atom stereocenters. The number of benzene rings is 1. The maximum Gasteiger partial charge on any atom is 0.281 e. The van der Waals surface area contributed by atoms with Crippen LogP contribution < -0.4 is 9.80 Å². The lowest BCUT2D eigenvalue weighted by Gasteiger charge is -2.15. The van der Waals surface area contributed by atoms with Gasteiger partial charge in [-0.3, -0.25) is 19.4 Å². The zero-order valence-electron chi connectivity index (χ0n) is 18.0. The number of halogens is 1. The van der Waals surface area contributed by atoms with Crippen molar-refractivity contribution in [1.29, 1.82) is 0 Å². The van der Waals surface area contributed by atoms with E-state index in [1.165, 1.54) is 4.90 Å². The summed E-state index contributed by atoms with van der Waals surface area (Å²) in [5, 5.41) is 8.78. The Morgan fingerprint density at radius 3 is 2.33 bits per heavy atom. The Morgan fingerprint density at radius 2 is 1.61 bits per heavy atom. The summed E-state index contributed by atoms with van der Waals surface area (Å²) in [5.74, 6) is 0.315. The van der Waals surface area contributed by atoms with Gasteiger partial charge in [-0.15, -0.1) is 10.2 Å². The summed E-state index contributed by atoms with van der Waals surface area (Å²) in [6.07, 6.45) is 1.71. The van der Waals surface area contributed by atoms with E-state index in [1.807, 2.05) is 50.2 Å². The van der Waals surface area contributed by atoms with Crippen molar-refractivity contribution in [2.24, 2.45) is 10.2 Å². The van der Waals surface area contributed by atoms with Crippen LogP contribution in [0, 0.1) is 6.92 Å². The third kappa shape index (κ3) is 3.58. The molecule has 2 aromatic heterocycles. The van der Waals surface area contributed by atoms with Crippen LogP contribution in [-0.4, -0.2) is 39.8 Å². The second kappa shape index (κ2) is 8.22. The van der Waals surface area contributed by atoms with Crippen LogP contribution >= 0.6 is 11.6 Å². The van der Waals surface area contributed by atoms with Gasteiger partial charge in [0.05, 0.1) is 17.7 Å². The molecule has 3 aromatic rings. The number of carbonyl (C=O) groups excluding carboxylic acids is 2. The molecule has 1 aromatic carbocycles. The quantitative estimate of drug-likeness (QED) is 0.441. The van der Waals surface area contributed by atoms with Crippen LogP contribution in [0.15, 0.2) is 64.9 Å². The third-order valence-electron chi connectivity index (χ3n) is 5.51. The van der Waals surface area contributed by atoms with Crippen molar-refractivity contribution in [3.05, 3.63) is 82.1 Å². The van der Waals surface area contributed by atoms with Crippen molar-refractivity contribution < 1.29 is 9.59 Å². The predicted octanol–water partition coefficient (Wildman–Crippen LogP) is 3.55. The number of aromatic nitrogens is 2. The molecule has 2 aliphatic rings. The zero-order chi connectivity index (χ0) is 23.1. The van der Waals surface area contributed by atoms with Gasteiger partial charge in [-0.05, 0) is 43.2 Å². The number of amides is 2. The molecule has 2 amide bonds.